The summed E-state index contributed by atoms with van der Waals surface area (Å²) in [6.07, 6.45) is 6.29. The van der Waals surface area contributed by atoms with Gasteiger partial charge >= 0.3 is 6.03 Å². The molecule has 0 unspecified atom stereocenters. The zero-order valence-electron chi connectivity index (χ0n) is 12.7. The maximum atomic E-state index is 12.1. The summed E-state index contributed by atoms with van der Waals surface area (Å²) in [5.41, 5.74) is 0. The Balaban J connectivity index is 1.90. The minimum atomic E-state index is -3.28. The molecule has 2 rings (SSSR count). The first kappa shape index (κ1) is 17.2. The SMILES string of the molecule is C[C@H](NC(=O)N[C@H]1CCCC[C@H]1NS(C)(=O)=O)c1nccs1. The summed E-state index contributed by atoms with van der Waals surface area (Å²) in [6.45, 7) is 1.87. The minimum Gasteiger partial charge on any atom is -0.334 e. The van der Waals surface area contributed by atoms with Crippen molar-refractivity contribution < 1.29 is 13.2 Å². The number of hydrogen-bond donors (Lipinski definition) is 3. The van der Waals surface area contributed by atoms with Crippen molar-refractivity contribution in [2.24, 2.45) is 0 Å². The summed E-state index contributed by atoms with van der Waals surface area (Å²) >= 11 is 1.48. The van der Waals surface area contributed by atoms with E-state index in [1.165, 1.54) is 11.3 Å². The van der Waals surface area contributed by atoms with Gasteiger partial charge in [-0.3, -0.25) is 0 Å². The number of amides is 2. The van der Waals surface area contributed by atoms with Gasteiger partial charge in [0, 0.05) is 23.7 Å². The van der Waals surface area contributed by atoms with Gasteiger partial charge in [-0.15, -0.1) is 11.3 Å². The zero-order chi connectivity index (χ0) is 16.2. The van der Waals surface area contributed by atoms with Gasteiger partial charge in [0.15, 0.2) is 0 Å². The number of urea groups is 1. The molecule has 0 aromatic carbocycles. The highest BCUT2D eigenvalue weighted by molar-refractivity contribution is 7.88. The van der Waals surface area contributed by atoms with Crippen LogP contribution in [0.25, 0.3) is 0 Å². The number of carbonyl (C=O) groups excluding carboxylic acids is 1. The number of rotatable bonds is 5. The van der Waals surface area contributed by atoms with E-state index in [1.807, 2.05) is 12.3 Å². The molecular weight excluding hydrogens is 324 g/mol. The Hall–Kier alpha value is -1.19. The van der Waals surface area contributed by atoms with E-state index in [-0.39, 0.29) is 24.2 Å². The number of sulfonamides is 1. The molecule has 3 atom stereocenters. The van der Waals surface area contributed by atoms with Gasteiger partial charge in [0.1, 0.15) is 5.01 Å². The Morgan fingerprint density at radius 2 is 2.05 bits per heavy atom. The van der Waals surface area contributed by atoms with E-state index in [0.717, 1.165) is 36.9 Å². The van der Waals surface area contributed by atoms with Crippen molar-refractivity contribution in [3.05, 3.63) is 16.6 Å². The Morgan fingerprint density at radius 3 is 2.64 bits per heavy atom. The number of nitrogens with one attached hydrogen (secondary N) is 3. The van der Waals surface area contributed by atoms with E-state index < -0.39 is 10.0 Å². The fraction of sp³-hybridized carbons (Fsp3) is 0.692. The predicted molar refractivity (Wildman–Crippen MR) is 86.2 cm³/mol. The van der Waals surface area contributed by atoms with Crippen molar-refractivity contribution in [3.63, 3.8) is 0 Å². The van der Waals surface area contributed by atoms with Crippen molar-refractivity contribution in [2.75, 3.05) is 6.26 Å². The molecule has 0 radical (unpaired) electrons. The molecule has 124 valence electrons. The normalized spacial score (nSPS) is 23.7. The standard InChI is InChI=1S/C13H22N4O3S2/c1-9(12-14-7-8-21-12)15-13(18)16-10-5-3-4-6-11(10)17-22(2,19)20/h7-11,17H,3-6H2,1-2H3,(H2,15,16,18)/t9-,10-,11+/m0/s1. The third-order valence-corrected chi connectivity index (χ3v) is 5.31. The maximum Gasteiger partial charge on any atom is 0.315 e. The Bertz CT molecular complexity index is 588. The highest BCUT2D eigenvalue weighted by Gasteiger charge is 2.29. The molecule has 0 aliphatic heterocycles. The molecule has 0 bridgehead atoms. The largest absolute Gasteiger partial charge is 0.334 e. The lowest BCUT2D eigenvalue weighted by Crippen LogP contribution is -2.55. The zero-order valence-corrected chi connectivity index (χ0v) is 14.3. The number of hydrogen-bond acceptors (Lipinski definition) is 5. The second-order valence-electron chi connectivity index (χ2n) is 5.60. The Morgan fingerprint density at radius 1 is 1.36 bits per heavy atom. The van der Waals surface area contributed by atoms with Gasteiger partial charge in [-0.1, -0.05) is 12.8 Å². The Kier molecular flexibility index (Phi) is 5.76. The second-order valence-corrected chi connectivity index (χ2v) is 8.30. The van der Waals surface area contributed by atoms with Crippen molar-refractivity contribution in [1.29, 1.82) is 0 Å². The second kappa shape index (κ2) is 7.38. The summed E-state index contributed by atoms with van der Waals surface area (Å²) in [5.74, 6) is 0. The number of thiazole rings is 1. The van der Waals surface area contributed by atoms with Crippen LogP contribution in [0.4, 0.5) is 4.79 Å². The van der Waals surface area contributed by atoms with E-state index in [0.29, 0.717) is 0 Å². The average molecular weight is 346 g/mol. The molecular formula is C13H22N4O3S2. The molecule has 1 aromatic rings. The van der Waals surface area contributed by atoms with Crippen LogP contribution >= 0.6 is 11.3 Å². The lowest BCUT2D eigenvalue weighted by molar-refractivity contribution is 0.224. The Labute approximate surface area is 135 Å². The monoisotopic (exact) mass is 346 g/mol. The van der Waals surface area contributed by atoms with E-state index in [1.54, 1.807) is 6.20 Å². The van der Waals surface area contributed by atoms with E-state index >= 15 is 0 Å². The van der Waals surface area contributed by atoms with Crippen LogP contribution in [0.15, 0.2) is 11.6 Å². The minimum absolute atomic E-state index is 0.176. The van der Waals surface area contributed by atoms with Gasteiger partial charge in [-0.05, 0) is 19.8 Å². The first-order valence-corrected chi connectivity index (χ1v) is 10.1. The van der Waals surface area contributed by atoms with Crippen LogP contribution in [-0.4, -0.2) is 37.8 Å². The van der Waals surface area contributed by atoms with E-state index in [4.69, 9.17) is 0 Å². The molecule has 1 fully saturated rings. The lowest BCUT2D eigenvalue weighted by Gasteiger charge is -2.32. The van der Waals surface area contributed by atoms with Crippen LogP contribution in [0.3, 0.4) is 0 Å². The lowest BCUT2D eigenvalue weighted by atomic mass is 9.91. The maximum absolute atomic E-state index is 12.1. The van der Waals surface area contributed by atoms with Gasteiger partial charge in [-0.25, -0.2) is 22.9 Å². The summed E-state index contributed by atoms with van der Waals surface area (Å²) in [5, 5.41) is 8.42. The average Bonchev–Trinajstić information content (AvgIpc) is 2.93. The molecule has 3 N–H and O–H groups in total. The summed E-state index contributed by atoms with van der Waals surface area (Å²) in [4.78, 5) is 16.3. The molecule has 1 aromatic heterocycles. The fourth-order valence-electron chi connectivity index (χ4n) is 2.64. The quantitative estimate of drug-likeness (QED) is 0.749. The summed E-state index contributed by atoms with van der Waals surface area (Å²) in [7, 11) is -3.28. The molecule has 9 heteroatoms. The van der Waals surface area contributed by atoms with Crippen molar-refractivity contribution in [1.82, 2.24) is 20.3 Å². The van der Waals surface area contributed by atoms with Crippen LogP contribution < -0.4 is 15.4 Å². The molecule has 22 heavy (non-hydrogen) atoms. The van der Waals surface area contributed by atoms with Crippen LogP contribution in [0.1, 0.15) is 43.7 Å². The molecule has 1 saturated carbocycles. The predicted octanol–water partition coefficient (Wildman–Crippen LogP) is 1.36. The van der Waals surface area contributed by atoms with Gasteiger partial charge in [0.2, 0.25) is 10.0 Å². The highest BCUT2D eigenvalue weighted by Crippen LogP contribution is 2.20. The smallest absolute Gasteiger partial charge is 0.315 e. The van der Waals surface area contributed by atoms with Crippen molar-refractivity contribution in [3.8, 4) is 0 Å². The van der Waals surface area contributed by atoms with Gasteiger partial charge in [-0.2, -0.15) is 0 Å². The first-order valence-electron chi connectivity index (χ1n) is 7.29. The molecule has 7 nitrogen and oxygen atoms in total. The molecule has 0 spiro atoms. The third kappa shape index (κ3) is 5.22. The first-order chi connectivity index (χ1) is 10.3. The van der Waals surface area contributed by atoms with Gasteiger partial charge in [0.25, 0.3) is 0 Å². The number of nitrogens with zero attached hydrogens (tertiary/aromatic N) is 1. The fourth-order valence-corrected chi connectivity index (χ4v) is 4.11. The van der Waals surface area contributed by atoms with Crippen LogP contribution in [0.2, 0.25) is 0 Å². The van der Waals surface area contributed by atoms with Crippen LogP contribution in [0, 0.1) is 0 Å². The van der Waals surface area contributed by atoms with Gasteiger partial charge < -0.3 is 10.6 Å². The van der Waals surface area contributed by atoms with E-state index in [2.05, 4.69) is 20.3 Å². The summed E-state index contributed by atoms with van der Waals surface area (Å²) in [6, 6.07) is -0.906. The van der Waals surface area contributed by atoms with Gasteiger partial charge in [0.05, 0.1) is 12.3 Å². The molecule has 1 heterocycles. The van der Waals surface area contributed by atoms with Crippen LogP contribution in [0.5, 0.6) is 0 Å². The van der Waals surface area contributed by atoms with Crippen molar-refractivity contribution >= 4 is 27.4 Å². The van der Waals surface area contributed by atoms with E-state index in [9.17, 15) is 13.2 Å². The van der Waals surface area contributed by atoms with Crippen molar-refractivity contribution in [2.45, 2.75) is 50.7 Å². The molecule has 1 aliphatic rings. The topological polar surface area (TPSA) is 100 Å². The molecule has 1 aliphatic carbocycles. The highest BCUT2D eigenvalue weighted by atomic mass is 32.2. The third-order valence-electron chi connectivity index (χ3n) is 3.62. The molecule has 2 amide bonds. The summed E-state index contributed by atoms with van der Waals surface area (Å²) < 4.78 is 25.4. The number of aromatic nitrogens is 1. The molecule has 0 saturated heterocycles. The number of carbonyl (C=O) groups is 1. The van der Waals surface area contributed by atoms with Crippen LogP contribution in [-0.2, 0) is 10.0 Å².